The Kier molecular flexibility index (Phi) is 7.02. The smallest absolute Gasteiger partial charge is 0.223 e. The lowest BCUT2D eigenvalue weighted by atomic mass is 9.94. The first-order chi connectivity index (χ1) is 12.0. The van der Waals surface area contributed by atoms with Crippen LogP contribution in [0.4, 0.5) is 5.69 Å². The fraction of sp³-hybridized carbons (Fsp3) is 0.300. The quantitative estimate of drug-likeness (QED) is 0.413. The highest BCUT2D eigenvalue weighted by molar-refractivity contribution is 14.0. The van der Waals surface area contributed by atoms with Crippen molar-refractivity contribution in [3.05, 3.63) is 65.7 Å². The number of nitrogens with zero attached hydrogens (tertiary/aromatic N) is 2. The number of benzene rings is 2. The van der Waals surface area contributed by atoms with Crippen molar-refractivity contribution >= 4 is 41.5 Å². The highest BCUT2D eigenvalue weighted by atomic mass is 127. The van der Waals surface area contributed by atoms with Crippen molar-refractivity contribution < 1.29 is 4.79 Å². The van der Waals surface area contributed by atoms with Gasteiger partial charge in [0, 0.05) is 31.6 Å². The summed E-state index contributed by atoms with van der Waals surface area (Å²) < 4.78 is 0. The third kappa shape index (κ3) is 4.75. The van der Waals surface area contributed by atoms with E-state index in [2.05, 4.69) is 22.4 Å². The predicted octanol–water partition coefficient (Wildman–Crippen LogP) is 3.56. The van der Waals surface area contributed by atoms with Crippen LogP contribution < -0.4 is 11.1 Å². The van der Waals surface area contributed by atoms with Gasteiger partial charge >= 0.3 is 0 Å². The Labute approximate surface area is 171 Å². The van der Waals surface area contributed by atoms with E-state index in [4.69, 9.17) is 5.73 Å². The summed E-state index contributed by atoms with van der Waals surface area (Å²) in [4.78, 5) is 18.5. The summed E-state index contributed by atoms with van der Waals surface area (Å²) in [5.74, 6) is 0.648. The molecule has 2 aromatic carbocycles. The fourth-order valence-corrected chi connectivity index (χ4v) is 3.30. The number of anilines is 1. The summed E-state index contributed by atoms with van der Waals surface area (Å²) in [6.07, 6.45) is 0.497. The molecule has 2 aromatic rings. The topological polar surface area (TPSA) is 70.7 Å². The average molecular weight is 464 g/mol. The van der Waals surface area contributed by atoms with Crippen LogP contribution in [0.15, 0.2) is 59.6 Å². The summed E-state index contributed by atoms with van der Waals surface area (Å²) >= 11 is 0. The van der Waals surface area contributed by atoms with Crippen molar-refractivity contribution in [2.45, 2.75) is 19.4 Å². The molecule has 0 bridgehead atoms. The first-order valence-electron chi connectivity index (χ1n) is 8.49. The second-order valence-corrected chi connectivity index (χ2v) is 6.54. The van der Waals surface area contributed by atoms with E-state index in [0.29, 0.717) is 18.9 Å². The minimum Gasteiger partial charge on any atom is -0.370 e. The number of carbonyl (C=O) groups excluding carboxylic acids is 1. The van der Waals surface area contributed by atoms with Crippen LogP contribution in [0.3, 0.4) is 0 Å². The predicted molar refractivity (Wildman–Crippen MR) is 117 cm³/mol. The molecular weight excluding hydrogens is 439 g/mol. The van der Waals surface area contributed by atoms with E-state index in [9.17, 15) is 4.79 Å². The normalized spacial score (nSPS) is 20.0. The number of hydrogen-bond donors (Lipinski definition) is 2. The van der Waals surface area contributed by atoms with Crippen molar-refractivity contribution in [1.82, 2.24) is 4.90 Å². The standard InChI is InChI=1S/C20H24N4O.HI/c1-14-8-10-17(11-9-14)23-20(21)22-13-16-12-18(25)24(2)19(16)15-6-4-3-5-7-15;/h3-11,16,19H,12-13H2,1-2H3,(H3,21,22,23);1H. The van der Waals surface area contributed by atoms with Crippen molar-refractivity contribution in [2.75, 3.05) is 18.9 Å². The zero-order valence-electron chi connectivity index (χ0n) is 15.1. The van der Waals surface area contributed by atoms with Gasteiger partial charge in [-0.05, 0) is 24.6 Å². The molecule has 1 fully saturated rings. The molecule has 26 heavy (non-hydrogen) atoms. The monoisotopic (exact) mass is 464 g/mol. The Bertz CT molecular complexity index is 761. The van der Waals surface area contributed by atoms with Gasteiger partial charge in [-0.2, -0.15) is 0 Å². The lowest BCUT2D eigenvalue weighted by Gasteiger charge is -2.24. The van der Waals surface area contributed by atoms with E-state index in [-0.39, 0.29) is 41.8 Å². The third-order valence-corrected chi connectivity index (χ3v) is 4.66. The second kappa shape index (κ2) is 9.02. The van der Waals surface area contributed by atoms with Gasteiger partial charge in [-0.1, -0.05) is 48.0 Å². The van der Waals surface area contributed by atoms with E-state index in [1.165, 1.54) is 5.56 Å². The van der Waals surface area contributed by atoms with Gasteiger partial charge in [0.2, 0.25) is 5.91 Å². The number of halogens is 1. The molecule has 0 spiro atoms. The van der Waals surface area contributed by atoms with Crippen molar-refractivity contribution in [2.24, 2.45) is 16.6 Å². The summed E-state index contributed by atoms with van der Waals surface area (Å²) in [5.41, 5.74) is 9.26. The van der Waals surface area contributed by atoms with E-state index in [1.807, 2.05) is 61.3 Å². The van der Waals surface area contributed by atoms with Crippen LogP contribution in [0.25, 0.3) is 0 Å². The molecular formula is C20H25IN4O. The summed E-state index contributed by atoms with van der Waals surface area (Å²) in [6, 6.07) is 18.1. The molecule has 0 aliphatic carbocycles. The number of aryl methyl sites for hydroxylation is 1. The number of carbonyl (C=O) groups is 1. The van der Waals surface area contributed by atoms with Crippen LogP contribution in [0.2, 0.25) is 0 Å². The number of rotatable bonds is 4. The van der Waals surface area contributed by atoms with Gasteiger partial charge < -0.3 is 16.0 Å². The van der Waals surface area contributed by atoms with Gasteiger partial charge in [-0.15, -0.1) is 24.0 Å². The summed E-state index contributed by atoms with van der Waals surface area (Å²) in [7, 11) is 1.86. The van der Waals surface area contributed by atoms with E-state index in [1.54, 1.807) is 0 Å². The van der Waals surface area contributed by atoms with Gasteiger partial charge in [0.15, 0.2) is 5.96 Å². The third-order valence-electron chi connectivity index (χ3n) is 4.66. The van der Waals surface area contributed by atoms with E-state index in [0.717, 1.165) is 11.3 Å². The Morgan fingerprint density at radius 1 is 1.19 bits per heavy atom. The maximum Gasteiger partial charge on any atom is 0.223 e. The minimum atomic E-state index is 0. The Morgan fingerprint density at radius 2 is 1.85 bits per heavy atom. The average Bonchev–Trinajstić information content (AvgIpc) is 2.90. The molecule has 0 radical (unpaired) electrons. The highest BCUT2D eigenvalue weighted by Gasteiger charge is 2.38. The zero-order valence-corrected chi connectivity index (χ0v) is 17.4. The second-order valence-electron chi connectivity index (χ2n) is 6.54. The van der Waals surface area contributed by atoms with Gasteiger partial charge in [0.05, 0.1) is 6.04 Å². The zero-order chi connectivity index (χ0) is 17.8. The van der Waals surface area contributed by atoms with Crippen LogP contribution in [-0.4, -0.2) is 30.4 Å². The molecule has 6 heteroatoms. The molecule has 3 rings (SSSR count). The molecule has 0 saturated carbocycles. The first kappa shape index (κ1) is 20.2. The van der Waals surface area contributed by atoms with Crippen LogP contribution in [0.5, 0.6) is 0 Å². The number of likely N-dealkylation sites (tertiary alicyclic amines) is 1. The molecule has 1 heterocycles. The molecule has 3 N–H and O–H groups in total. The Hall–Kier alpha value is -2.09. The van der Waals surface area contributed by atoms with Gasteiger partial charge in [0.25, 0.3) is 0 Å². The van der Waals surface area contributed by atoms with E-state index >= 15 is 0 Å². The maximum absolute atomic E-state index is 12.2. The summed E-state index contributed by atoms with van der Waals surface area (Å²) in [5, 5.41) is 3.10. The number of nitrogens with one attached hydrogen (secondary N) is 1. The van der Waals surface area contributed by atoms with Crippen molar-refractivity contribution in [3.63, 3.8) is 0 Å². The van der Waals surface area contributed by atoms with Gasteiger partial charge in [-0.3, -0.25) is 9.79 Å². The van der Waals surface area contributed by atoms with Crippen LogP contribution >= 0.6 is 24.0 Å². The molecule has 0 aromatic heterocycles. The SMILES string of the molecule is Cc1ccc(NC(N)=NCC2CC(=O)N(C)C2c2ccccc2)cc1.I. The number of amides is 1. The van der Waals surface area contributed by atoms with Gasteiger partial charge in [-0.25, -0.2) is 0 Å². The molecule has 2 unspecified atom stereocenters. The molecule has 2 atom stereocenters. The molecule has 1 saturated heterocycles. The fourth-order valence-electron chi connectivity index (χ4n) is 3.30. The van der Waals surface area contributed by atoms with Crippen LogP contribution in [-0.2, 0) is 4.79 Å². The first-order valence-corrected chi connectivity index (χ1v) is 8.49. The minimum absolute atomic E-state index is 0. The number of nitrogens with two attached hydrogens (primary N) is 1. The summed E-state index contributed by atoms with van der Waals surface area (Å²) in [6.45, 7) is 2.55. The number of guanidine groups is 1. The van der Waals surface area contributed by atoms with Crippen molar-refractivity contribution in [3.8, 4) is 0 Å². The maximum atomic E-state index is 12.2. The molecule has 1 amide bonds. The Balaban J connectivity index is 0.00000243. The lowest BCUT2D eigenvalue weighted by Crippen LogP contribution is -2.26. The van der Waals surface area contributed by atoms with Crippen molar-refractivity contribution in [1.29, 1.82) is 0 Å². The molecule has 1 aliphatic heterocycles. The van der Waals surface area contributed by atoms with Crippen LogP contribution in [0, 0.1) is 12.8 Å². The number of aliphatic imine (C=N–C) groups is 1. The largest absolute Gasteiger partial charge is 0.370 e. The van der Waals surface area contributed by atoms with Crippen LogP contribution in [0.1, 0.15) is 23.6 Å². The number of hydrogen-bond acceptors (Lipinski definition) is 2. The van der Waals surface area contributed by atoms with E-state index < -0.39 is 0 Å². The van der Waals surface area contributed by atoms with Gasteiger partial charge in [0.1, 0.15) is 0 Å². The Morgan fingerprint density at radius 3 is 2.50 bits per heavy atom. The lowest BCUT2D eigenvalue weighted by molar-refractivity contribution is -0.127. The molecule has 138 valence electrons. The highest BCUT2D eigenvalue weighted by Crippen LogP contribution is 2.36. The molecule has 5 nitrogen and oxygen atoms in total. The molecule has 1 aliphatic rings.